The van der Waals surface area contributed by atoms with Crippen LogP contribution in [0.2, 0.25) is 0 Å². The highest BCUT2D eigenvalue weighted by Gasteiger charge is 2.19. The molecule has 13 heavy (non-hydrogen) atoms. The van der Waals surface area contributed by atoms with Gasteiger partial charge in [-0.1, -0.05) is 0 Å². The van der Waals surface area contributed by atoms with E-state index < -0.39 is 7.75 Å². The van der Waals surface area contributed by atoms with Gasteiger partial charge in [-0.2, -0.15) is 0 Å². The Bertz CT molecular complexity index is 181. The normalized spacial score (nSPS) is 14.9. The van der Waals surface area contributed by atoms with Crippen molar-refractivity contribution < 1.29 is 19.1 Å². The Morgan fingerprint density at radius 3 is 2.46 bits per heavy atom. The van der Waals surface area contributed by atoms with Crippen molar-refractivity contribution in [1.29, 1.82) is 0 Å². The van der Waals surface area contributed by atoms with Crippen molar-refractivity contribution in [1.82, 2.24) is 4.67 Å². The minimum Gasteiger partial charge on any atom is -0.382 e. The molecule has 0 bridgehead atoms. The molecular formula is C7H18NO4P. The van der Waals surface area contributed by atoms with Crippen LogP contribution in [-0.2, 0) is 9.30 Å². The SMILES string of the molecule is COC(C)CCCN(C)P(=O)(O)O. The number of methoxy groups -OCH3 is 1. The van der Waals surface area contributed by atoms with Crippen molar-refractivity contribution in [2.24, 2.45) is 0 Å². The molecule has 5 nitrogen and oxygen atoms in total. The summed E-state index contributed by atoms with van der Waals surface area (Å²) in [5.74, 6) is 0. The molecule has 6 heteroatoms. The van der Waals surface area contributed by atoms with Crippen molar-refractivity contribution in [3.63, 3.8) is 0 Å². The van der Waals surface area contributed by atoms with E-state index in [4.69, 9.17) is 14.5 Å². The molecule has 0 amide bonds. The van der Waals surface area contributed by atoms with E-state index in [2.05, 4.69) is 0 Å². The monoisotopic (exact) mass is 211 g/mol. The van der Waals surface area contributed by atoms with Crippen LogP contribution in [0.3, 0.4) is 0 Å². The smallest absolute Gasteiger partial charge is 0.382 e. The maximum absolute atomic E-state index is 10.7. The van der Waals surface area contributed by atoms with Crippen LogP contribution in [0.15, 0.2) is 0 Å². The van der Waals surface area contributed by atoms with Crippen molar-refractivity contribution in [2.45, 2.75) is 25.9 Å². The summed E-state index contributed by atoms with van der Waals surface area (Å²) in [6.07, 6.45) is 1.67. The highest BCUT2D eigenvalue weighted by Crippen LogP contribution is 2.38. The number of nitrogens with zero attached hydrogens (tertiary/aromatic N) is 1. The lowest BCUT2D eigenvalue weighted by molar-refractivity contribution is 0.107. The number of rotatable bonds is 6. The van der Waals surface area contributed by atoms with Crippen LogP contribution >= 0.6 is 7.75 Å². The van der Waals surface area contributed by atoms with Crippen molar-refractivity contribution in [2.75, 3.05) is 20.7 Å². The molecule has 0 aromatic heterocycles. The summed E-state index contributed by atoms with van der Waals surface area (Å²) >= 11 is 0. The molecule has 0 rings (SSSR count). The molecule has 0 spiro atoms. The minimum atomic E-state index is -4.03. The fourth-order valence-corrected chi connectivity index (χ4v) is 1.26. The summed E-state index contributed by atoms with van der Waals surface area (Å²) in [6.45, 7) is 2.31. The fourth-order valence-electron chi connectivity index (χ4n) is 0.856. The fraction of sp³-hybridized carbons (Fsp3) is 1.00. The Morgan fingerprint density at radius 1 is 1.54 bits per heavy atom. The third-order valence-corrected chi connectivity index (χ3v) is 3.03. The van der Waals surface area contributed by atoms with Gasteiger partial charge in [-0.15, -0.1) is 0 Å². The molecule has 0 radical (unpaired) electrons. The molecular weight excluding hydrogens is 193 g/mol. The average molecular weight is 211 g/mol. The van der Waals surface area contributed by atoms with E-state index in [1.807, 2.05) is 6.92 Å². The predicted molar refractivity (Wildman–Crippen MR) is 50.4 cm³/mol. The molecule has 0 saturated carbocycles. The lowest BCUT2D eigenvalue weighted by atomic mass is 10.2. The van der Waals surface area contributed by atoms with Gasteiger partial charge < -0.3 is 14.5 Å². The van der Waals surface area contributed by atoms with E-state index in [9.17, 15) is 4.57 Å². The van der Waals surface area contributed by atoms with Crippen LogP contribution in [0.4, 0.5) is 0 Å². The number of ether oxygens (including phenoxy) is 1. The van der Waals surface area contributed by atoms with Crippen molar-refractivity contribution in [3.8, 4) is 0 Å². The molecule has 0 aliphatic rings. The van der Waals surface area contributed by atoms with Crippen molar-refractivity contribution >= 4 is 7.75 Å². The summed E-state index contributed by atoms with van der Waals surface area (Å²) in [6, 6.07) is 0. The van der Waals surface area contributed by atoms with E-state index in [1.54, 1.807) is 7.11 Å². The zero-order valence-electron chi connectivity index (χ0n) is 8.30. The molecule has 1 atom stereocenters. The standard InChI is InChI=1S/C7H18NO4P/c1-7(12-3)5-4-6-8(2)13(9,10)11/h7H,4-6H2,1-3H3,(H2,9,10,11). The predicted octanol–water partition coefficient (Wildman–Crippen LogP) is 0.826. The van der Waals surface area contributed by atoms with Gasteiger partial charge in [-0.3, -0.25) is 0 Å². The van der Waals surface area contributed by atoms with E-state index in [0.717, 1.165) is 17.5 Å². The molecule has 0 aliphatic heterocycles. The minimum absolute atomic E-state index is 0.144. The maximum Gasteiger partial charge on any atom is 0.402 e. The Hall–Kier alpha value is 0.0700. The first-order valence-corrected chi connectivity index (χ1v) is 5.74. The van der Waals surface area contributed by atoms with Crippen LogP contribution in [0.1, 0.15) is 19.8 Å². The Labute approximate surface area is 78.9 Å². The Kier molecular flexibility index (Phi) is 5.76. The van der Waals surface area contributed by atoms with Gasteiger partial charge in [0.05, 0.1) is 6.10 Å². The first-order chi connectivity index (χ1) is 5.88. The van der Waals surface area contributed by atoms with Crippen LogP contribution in [0, 0.1) is 0 Å². The molecule has 0 aliphatic carbocycles. The third-order valence-electron chi connectivity index (χ3n) is 1.94. The van der Waals surface area contributed by atoms with Crippen LogP contribution in [0.5, 0.6) is 0 Å². The van der Waals surface area contributed by atoms with Crippen molar-refractivity contribution in [3.05, 3.63) is 0 Å². The zero-order valence-corrected chi connectivity index (χ0v) is 9.20. The lowest BCUT2D eigenvalue weighted by Gasteiger charge is -2.18. The van der Waals surface area contributed by atoms with Crippen LogP contribution in [-0.4, -0.2) is 41.3 Å². The largest absolute Gasteiger partial charge is 0.402 e. The maximum atomic E-state index is 10.7. The van der Waals surface area contributed by atoms with E-state index in [0.29, 0.717) is 6.54 Å². The quantitative estimate of drug-likeness (QED) is 0.637. The highest BCUT2D eigenvalue weighted by atomic mass is 31.2. The molecule has 0 saturated heterocycles. The van der Waals surface area contributed by atoms with Crippen LogP contribution < -0.4 is 0 Å². The van der Waals surface area contributed by atoms with Gasteiger partial charge in [-0.05, 0) is 26.8 Å². The van der Waals surface area contributed by atoms with E-state index in [1.165, 1.54) is 7.05 Å². The first-order valence-electron chi connectivity index (χ1n) is 4.18. The van der Waals surface area contributed by atoms with Gasteiger partial charge in [-0.25, -0.2) is 9.24 Å². The van der Waals surface area contributed by atoms with Gasteiger partial charge in [0.25, 0.3) is 0 Å². The van der Waals surface area contributed by atoms with Gasteiger partial charge in [0.15, 0.2) is 0 Å². The van der Waals surface area contributed by atoms with Gasteiger partial charge in [0, 0.05) is 13.7 Å². The number of hydrogen-bond donors (Lipinski definition) is 2. The second-order valence-electron chi connectivity index (χ2n) is 3.08. The molecule has 0 aromatic carbocycles. The third kappa shape index (κ3) is 6.18. The average Bonchev–Trinajstić information content (AvgIpc) is 2.02. The van der Waals surface area contributed by atoms with E-state index in [-0.39, 0.29) is 6.10 Å². The summed E-state index contributed by atoms with van der Waals surface area (Å²) in [5, 5.41) is 0. The summed E-state index contributed by atoms with van der Waals surface area (Å²) < 4.78 is 16.7. The summed E-state index contributed by atoms with van der Waals surface area (Å²) in [4.78, 5) is 17.4. The molecule has 1 unspecified atom stereocenters. The van der Waals surface area contributed by atoms with Crippen LogP contribution in [0.25, 0.3) is 0 Å². The van der Waals surface area contributed by atoms with Gasteiger partial charge in [0.1, 0.15) is 0 Å². The van der Waals surface area contributed by atoms with E-state index >= 15 is 0 Å². The molecule has 0 heterocycles. The lowest BCUT2D eigenvalue weighted by Crippen LogP contribution is -2.17. The van der Waals surface area contributed by atoms with Gasteiger partial charge >= 0.3 is 7.75 Å². The molecule has 0 fully saturated rings. The Morgan fingerprint density at radius 2 is 2.08 bits per heavy atom. The topological polar surface area (TPSA) is 70.0 Å². The second kappa shape index (κ2) is 5.73. The molecule has 0 aromatic rings. The summed E-state index contributed by atoms with van der Waals surface area (Å²) in [7, 11) is -0.995. The first kappa shape index (κ1) is 13.1. The molecule has 2 N–H and O–H groups in total. The number of hydrogen-bond acceptors (Lipinski definition) is 2. The Balaban J connectivity index is 3.60. The highest BCUT2D eigenvalue weighted by molar-refractivity contribution is 7.49. The summed E-state index contributed by atoms with van der Waals surface area (Å²) in [5.41, 5.74) is 0. The zero-order chi connectivity index (χ0) is 10.5. The molecule has 80 valence electrons. The van der Waals surface area contributed by atoms with Gasteiger partial charge in [0.2, 0.25) is 0 Å². The second-order valence-corrected chi connectivity index (χ2v) is 4.79.